The molecule has 0 aromatic heterocycles. The van der Waals surface area contributed by atoms with E-state index < -0.39 is 0 Å². The zero-order valence-corrected chi connectivity index (χ0v) is 6.60. The zero-order valence-electron chi connectivity index (χ0n) is 6.60. The largest absolute Gasteiger partial charge is 0.300 e. The summed E-state index contributed by atoms with van der Waals surface area (Å²) in [6.07, 6.45) is 0.461. The molecule has 0 bridgehead atoms. The van der Waals surface area contributed by atoms with E-state index in [0.717, 1.165) is 0 Å². The van der Waals surface area contributed by atoms with Gasteiger partial charge in [0, 0.05) is 17.8 Å². The third-order valence-corrected chi connectivity index (χ3v) is 2.47. The molecule has 1 unspecified atom stereocenters. The highest BCUT2D eigenvalue weighted by Gasteiger charge is 2.49. The molecular weight excluding hydrogens is 128 g/mol. The van der Waals surface area contributed by atoms with Gasteiger partial charge in [0.2, 0.25) is 0 Å². The third-order valence-electron chi connectivity index (χ3n) is 2.47. The highest BCUT2D eigenvalue weighted by Crippen LogP contribution is 2.42. The Kier molecular flexibility index (Phi) is 1.42. The Morgan fingerprint density at radius 2 is 2.10 bits per heavy atom. The summed E-state index contributed by atoms with van der Waals surface area (Å²) in [5.74, 6) is 0.345. The van der Waals surface area contributed by atoms with E-state index in [4.69, 9.17) is 0 Å². The number of carbonyl (C=O) groups excluding carboxylic acids is 2. The maximum atomic E-state index is 10.9. The average Bonchev–Trinajstić information content (AvgIpc) is 1.82. The van der Waals surface area contributed by atoms with Crippen LogP contribution in [0.5, 0.6) is 0 Å². The minimum Gasteiger partial charge on any atom is -0.300 e. The molecule has 10 heavy (non-hydrogen) atoms. The predicted octanol–water partition coefficient (Wildman–Crippen LogP) is 1.19. The molecular formula is C8H12O2. The number of carbonyl (C=O) groups is 2. The van der Waals surface area contributed by atoms with Crippen molar-refractivity contribution in [2.45, 2.75) is 27.2 Å². The van der Waals surface area contributed by atoms with Crippen LogP contribution in [0.2, 0.25) is 0 Å². The molecule has 2 nitrogen and oxygen atoms in total. The molecule has 0 aliphatic heterocycles. The average molecular weight is 140 g/mol. The second-order valence-corrected chi connectivity index (χ2v) is 3.51. The highest BCUT2D eigenvalue weighted by molar-refractivity contribution is 6.00. The molecule has 0 aromatic rings. The van der Waals surface area contributed by atoms with E-state index in [2.05, 4.69) is 0 Å². The topological polar surface area (TPSA) is 34.1 Å². The second-order valence-electron chi connectivity index (χ2n) is 3.51. The first-order valence-electron chi connectivity index (χ1n) is 3.50. The Balaban J connectivity index is 2.72. The molecule has 0 aromatic carbocycles. The van der Waals surface area contributed by atoms with Gasteiger partial charge in [-0.3, -0.25) is 9.59 Å². The van der Waals surface area contributed by atoms with Crippen molar-refractivity contribution < 1.29 is 9.59 Å². The van der Waals surface area contributed by atoms with E-state index in [0.29, 0.717) is 6.42 Å². The van der Waals surface area contributed by atoms with Crippen LogP contribution >= 0.6 is 0 Å². The van der Waals surface area contributed by atoms with Gasteiger partial charge in [-0.25, -0.2) is 0 Å². The van der Waals surface area contributed by atoms with Crippen molar-refractivity contribution in [1.29, 1.82) is 0 Å². The van der Waals surface area contributed by atoms with Gasteiger partial charge >= 0.3 is 0 Å². The first kappa shape index (κ1) is 7.45. The Bertz CT molecular complexity index is 191. The van der Waals surface area contributed by atoms with Crippen LogP contribution in [0, 0.1) is 11.3 Å². The standard InChI is InChI=1S/C8H12O2/c1-5(9)6-4-7(10)8(6,2)3/h6H,4H2,1-3H3. The van der Waals surface area contributed by atoms with E-state index in [9.17, 15) is 9.59 Å². The van der Waals surface area contributed by atoms with Crippen LogP contribution in [0.3, 0.4) is 0 Å². The Hall–Kier alpha value is -0.660. The van der Waals surface area contributed by atoms with Crippen LogP contribution in [0.4, 0.5) is 0 Å². The maximum Gasteiger partial charge on any atom is 0.139 e. The monoisotopic (exact) mass is 140 g/mol. The lowest BCUT2D eigenvalue weighted by Crippen LogP contribution is -2.48. The van der Waals surface area contributed by atoms with Crippen LogP contribution < -0.4 is 0 Å². The second kappa shape index (κ2) is 1.91. The van der Waals surface area contributed by atoms with Gasteiger partial charge in [0.1, 0.15) is 11.6 Å². The van der Waals surface area contributed by atoms with Crippen LogP contribution in [0.25, 0.3) is 0 Å². The summed E-state index contributed by atoms with van der Waals surface area (Å²) in [7, 11) is 0. The summed E-state index contributed by atoms with van der Waals surface area (Å²) in [6, 6.07) is 0. The zero-order chi connectivity index (χ0) is 7.94. The van der Waals surface area contributed by atoms with Gasteiger partial charge in [-0.05, 0) is 6.92 Å². The SMILES string of the molecule is CC(=O)C1CC(=O)C1(C)C. The summed E-state index contributed by atoms with van der Waals surface area (Å²) in [6.45, 7) is 5.23. The molecule has 0 saturated heterocycles. The molecule has 2 heteroatoms. The van der Waals surface area contributed by atoms with Crippen molar-refractivity contribution >= 4 is 11.6 Å². The number of ketones is 2. The Labute approximate surface area is 60.6 Å². The van der Waals surface area contributed by atoms with Crippen LogP contribution in [-0.2, 0) is 9.59 Å². The molecule has 0 amide bonds. The predicted molar refractivity (Wildman–Crippen MR) is 37.6 cm³/mol. The molecule has 0 N–H and O–H groups in total. The highest BCUT2D eigenvalue weighted by atomic mass is 16.1. The minimum atomic E-state index is -0.369. The van der Waals surface area contributed by atoms with E-state index in [1.54, 1.807) is 6.92 Å². The van der Waals surface area contributed by atoms with Crippen molar-refractivity contribution in [3.8, 4) is 0 Å². The quantitative estimate of drug-likeness (QED) is 0.548. The van der Waals surface area contributed by atoms with Crippen LogP contribution in [0.15, 0.2) is 0 Å². The maximum absolute atomic E-state index is 10.9. The fourth-order valence-electron chi connectivity index (χ4n) is 1.42. The van der Waals surface area contributed by atoms with E-state index in [-0.39, 0.29) is 22.9 Å². The molecule has 0 heterocycles. The number of rotatable bonds is 1. The van der Waals surface area contributed by atoms with Gasteiger partial charge in [-0.15, -0.1) is 0 Å². The molecule has 1 saturated carbocycles. The molecule has 1 aliphatic rings. The van der Waals surface area contributed by atoms with Gasteiger partial charge in [0.25, 0.3) is 0 Å². The molecule has 0 spiro atoms. The van der Waals surface area contributed by atoms with E-state index in [1.807, 2.05) is 13.8 Å². The minimum absolute atomic E-state index is 0.0139. The van der Waals surface area contributed by atoms with E-state index >= 15 is 0 Å². The number of hydrogen-bond donors (Lipinski definition) is 0. The Morgan fingerprint density at radius 1 is 1.60 bits per heavy atom. The lowest BCUT2D eigenvalue weighted by atomic mass is 9.60. The molecule has 0 radical (unpaired) electrons. The van der Waals surface area contributed by atoms with Gasteiger partial charge in [0.15, 0.2) is 0 Å². The van der Waals surface area contributed by atoms with Crippen molar-refractivity contribution in [2.24, 2.45) is 11.3 Å². The lowest BCUT2D eigenvalue weighted by molar-refractivity contribution is -0.150. The fraction of sp³-hybridized carbons (Fsp3) is 0.750. The van der Waals surface area contributed by atoms with Gasteiger partial charge in [-0.2, -0.15) is 0 Å². The molecule has 1 rings (SSSR count). The summed E-state index contributed by atoms with van der Waals surface area (Å²) in [5.41, 5.74) is -0.369. The summed E-state index contributed by atoms with van der Waals surface area (Å²) >= 11 is 0. The fourth-order valence-corrected chi connectivity index (χ4v) is 1.42. The summed E-state index contributed by atoms with van der Waals surface area (Å²) in [5, 5.41) is 0. The molecule has 56 valence electrons. The van der Waals surface area contributed by atoms with Gasteiger partial charge < -0.3 is 0 Å². The van der Waals surface area contributed by atoms with Crippen molar-refractivity contribution in [3.63, 3.8) is 0 Å². The smallest absolute Gasteiger partial charge is 0.139 e. The van der Waals surface area contributed by atoms with Gasteiger partial charge in [0.05, 0.1) is 0 Å². The van der Waals surface area contributed by atoms with Crippen LogP contribution in [-0.4, -0.2) is 11.6 Å². The third kappa shape index (κ3) is 0.789. The summed E-state index contributed by atoms with van der Waals surface area (Å²) < 4.78 is 0. The van der Waals surface area contributed by atoms with Crippen molar-refractivity contribution in [3.05, 3.63) is 0 Å². The van der Waals surface area contributed by atoms with E-state index in [1.165, 1.54) is 0 Å². The van der Waals surface area contributed by atoms with Crippen LogP contribution in [0.1, 0.15) is 27.2 Å². The number of Topliss-reactive ketones (excluding diaryl/α,β-unsaturated/α-hetero) is 2. The molecule has 1 aliphatic carbocycles. The molecule has 1 atom stereocenters. The van der Waals surface area contributed by atoms with Gasteiger partial charge in [-0.1, -0.05) is 13.8 Å². The first-order chi connectivity index (χ1) is 4.46. The first-order valence-corrected chi connectivity index (χ1v) is 3.50. The molecule has 1 fully saturated rings. The van der Waals surface area contributed by atoms with Crippen molar-refractivity contribution in [1.82, 2.24) is 0 Å². The number of hydrogen-bond acceptors (Lipinski definition) is 2. The Morgan fingerprint density at radius 3 is 2.20 bits per heavy atom. The summed E-state index contributed by atoms with van der Waals surface area (Å²) in [4.78, 5) is 21.7. The normalized spacial score (nSPS) is 29.5. The van der Waals surface area contributed by atoms with Crippen molar-refractivity contribution in [2.75, 3.05) is 0 Å². The lowest BCUT2D eigenvalue weighted by Gasteiger charge is -2.40.